The van der Waals surface area contributed by atoms with Crippen LogP contribution < -0.4 is 5.73 Å². The first-order chi connectivity index (χ1) is 2.27. The number of carbonyl (C=O) groups is 1. The highest BCUT2D eigenvalue weighted by atomic mass is 19.3. The predicted octanol–water partition coefficient (Wildman–Crippen LogP) is -0.0338. The maximum atomic E-state index is 10.1. The van der Waals surface area contributed by atoms with Crippen LogP contribution >= 0.6 is 0 Å². The lowest BCUT2D eigenvalue weighted by Gasteiger charge is -1.72. The molecule has 0 aromatic carbocycles. The Kier molecular flexibility index (Phi) is 1.27. The van der Waals surface area contributed by atoms with E-state index >= 15 is 0 Å². The van der Waals surface area contributed by atoms with E-state index in [1.54, 1.807) is 0 Å². The van der Waals surface area contributed by atoms with Gasteiger partial charge in [-0.3, -0.25) is 0 Å². The van der Waals surface area contributed by atoms with E-state index in [1.165, 1.54) is 0 Å². The Morgan fingerprint density at radius 1 is 2.00 bits per heavy atom. The number of hydrogen-bond donors (Lipinski definition) is 1. The largest absolute Gasteiger partial charge is 0.442 e. The number of halogens is 1. The Morgan fingerprint density at radius 2 is 2.20 bits per heavy atom. The third-order valence-corrected chi connectivity index (χ3v) is 0.0760. The molecule has 0 saturated heterocycles. The molecule has 0 aromatic rings. The monoisotopic (exact) mass is 79.0 g/mol. The van der Waals surface area contributed by atoms with Crippen molar-refractivity contribution in [1.29, 1.82) is 0 Å². The van der Waals surface area contributed by atoms with Gasteiger partial charge in [-0.25, -0.2) is 9.74 Å². The Bertz CT molecular complexity index is 44.9. The minimum atomic E-state index is -1.41. The van der Waals surface area contributed by atoms with Crippen LogP contribution in [0.5, 0.6) is 0 Å². The van der Waals surface area contributed by atoms with E-state index in [0.29, 0.717) is 0 Å². The average Bonchev–Trinajstić information content (AvgIpc) is 1.38. The highest BCUT2D eigenvalue weighted by molar-refractivity contribution is 5.63. The van der Waals surface area contributed by atoms with Gasteiger partial charge >= 0.3 is 6.09 Å². The molecule has 0 aliphatic rings. The van der Waals surface area contributed by atoms with E-state index in [2.05, 4.69) is 10.7 Å². The highest BCUT2D eigenvalue weighted by Gasteiger charge is 1.82. The summed E-state index contributed by atoms with van der Waals surface area (Å²) in [6, 6.07) is 0. The lowest BCUT2D eigenvalue weighted by molar-refractivity contribution is -0.0572. The van der Waals surface area contributed by atoms with Crippen LogP contribution in [-0.2, 0) is 4.94 Å². The van der Waals surface area contributed by atoms with Gasteiger partial charge in [0.1, 0.15) is 0 Å². The summed E-state index contributed by atoms with van der Waals surface area (Å²) in [6.07, 6.45) is -1.41. The number of primary amides is 1. The predicted molar refractivity (Wildman–Crippen MR) is 11.8 cm³/mol. The Balaban J connectivity index is 2.85. The van der Waals surface area contributed by atoms with Crippen molar-refractivity contribution in [3.05, 3.63) is 0 Å². The van der Waals surface area contributed by atoms with Crippen LogP contribution in [-0.4, -0.2) is 6.09 Å². The Hall–Kier alpha value is -0.800. The summed E-state index contributed by atoms with van der Waals surface area (Å²) < 4.78 is 10.1. The SMILES string of the molecule is NC(=O)OF. The molecule has 0 unspecified atom stereocenters. The van der Waals surface area contributed by atoms with E-state index in [1.807, 2.05) is 0 Å². The van der Waals surface area contributed by atoms with Crippen molar-refractivity contribution < 1.29 is 14.3 Å². The number of hydrogen-bond acceptors (Lipinski definition) is 2. The molecule has 3 nitrogen and oxygen atoms in total. The molecule has 30 valence electrons. The summed E-state index contributed by atoms with van der Waals surface area (Å²) in [6.45, 7) is 0. The molecule has 0 fully saturated rings. The second kappa shape index (κ2) is 1.51. The molecule has 0 atom stereocenters. The molecular weight excluding hydrogens is 77.0 g/mol. The maximum absolute atomic E-state index is 10.1. The topological polar surface area (TPSA) is 52.3 Å². The Labute approximate surface area is 27.4 Å². The molecule has 4 heteroatoms. The molecule has 0 aliphatic carbocycles. The molecule has 0 spiro atoms. The van der Waals surface area contributed by atoms with Crippen molar-refractivity contribution in [2.24, 2.45) is 5.73 Å². The van der Waals surface area contributed by atoms with Gasteiger partial charge < -0.3 is 5.73 Å². The third-order valence-electron chi connectivity index (χ3n) is 0.0760. The van der Waals surface area contributed by atoms with Crippen LogP contribution in [0.3, 0.4) is 0 Å². The molecule has 5 heavy (non-hydrogen) atoms. The lowest BCUT2D eigenvalue weighted by atomic mass is 11.3. The van der Waals surface area contributed by atoms with Gasteiger partial charge in [-0.05, 0) is 0 Å². The van der Waals surface area contributed by atoms with Crippen molar-refractivity contribution in [1.82, 2.24) is 0 Å². The summed E-state index contributed by atoms with van der Waals surface area (Å²) in [5, 5.41) is 0. The summed E-state index contributed by atoms with van der Waals surface area (Å²) in [5.41, 5.74) is 4.06. The molecule has 0 saturated carbocycles. The highest BCUT2D eigenvalue weighted by Crippen LogP contribution is 1.65. The number of amides is 1. The van der Waals surface area contributed by atoms with Gasteiger partial charge in [0.05, 0.1) is 0 Å². The fourth-order valence-electron chi connectivity index (χ4n) is 0. The van der Waals surface area contributed by atoms with E-state index in [4.69, 9.17) is 4.79 Å². The van der Waals surface area contributed by atoms with Crippen LogP contribution in [0, 0.1) is 0 Å². The molecule has 2 N–H and O–H groups in total. The summed E-state index contributed by atoms with van der Waals surface area (Å²) >= 11 is 0. The fraction of sp³-hybridized carbons (Fsp3) is 0. The van der Waals surface area contributed by atoms with Crippen molar-refractivity contribution in [2.45, 2.75) is 0 Å². The van der Waals surface area contributed by atoms with Gasteiger partial charge in [-0.15, -0.1) is 0 Å². The van der Waals surface area contributed by atoms with Crippen molar-refractivity contribution in [3.63, 3.8) is 0 Å². The van der Waals surface area contributed by atoms with Gasteiger partial charge in [0.2, 0.25) is 0 Å². The second-order valence-corrected chi connectivity index (χ2v) is 0.396. The van der Waals surface area contributed by atoms with Gasteiger partial charge in [0.25, 0.3) is 0 Å². The number of nitrogens with two attached hydrogens (primary N) is 1. The number of carbonyl (C=O) groups excluding carboxylic acids is 1. The smallest absolute Gasteiger partial charge is 0.332 e. The average molecular weight is 79.0 g/mol. The first-order valence-corrected chi connectivity index (χ1v) is 0.851. The standard InChI is InChI=1S/CH2FNO2/c2-5-1(3)4/h(H2,3,4). The van der Waals surface area contributed by atoms with Gasteiger partial charge in [0, 0.05) is 4.53 Å². The molecule has 0 bridgehead atoms. The molecule has 0 rings (SSSR count). The number of rotatable bonds is 0. The van der Waals surface area contributed by atoms with Crippen LogP contribution in [0.25, 0.3) is 0 Å². The van der Waals surface area contributed by atoms with E-state index in [0.717, 1.165) is 0 Å². The first kappa shape index (κ1) is 4.20. The third kappa shape index (κ3) is 3.20. The molecule has 0 aliphatic heterocycles. The molecule has 0 radical (unpaired) electrons. The summed E-state index contributed by atoms with van der Waals surface area (Å²) in [7, 11) is 0. The lowest BCUT2D eigenvalue weighted by Crippen LogP contribution is -2.06. The fourth-order valence-corrected chi connectivity index (χ4v) is 0. The maximum Gasteiger partial charge on any atom is 0.442 e. The van der Waals surface area contributed by atoms with E-state index in [-0.39, 0.29) is 0 Å². The van der Waals surface area contributed by atoms with E-state index in [9.17, 15) is 4.53 Å². The van der Waals surface area contributed by atoms with Crippen molar-refractivity contribution >= 4 is 6.09 Å². The van der Waals surface area contributed by atoms with Gasteiger partial charge in [0.15, 0.2) is 0 Å². The quantitative estimate of drug-likeness (QED) is 0.443. The van der Waals surface area contributed by atoms with Gasteiger partial charge in [-0.2, -0.15) is 0 Å². The normalized spacial score (nSPS) is 6.60. The summed E-state index contributed by atoms with van der Waals surface area (Å²) in [4.78, 5) is 11.4. The first-order valence-electron chi connectivity index (χ1n) is 0.851. The van der Waals surface area contributed by atoms with Crippen LogP contribution in [0.4, 0.5) is 9.32 Å². The molecule has 0 heterocycles. The molecule has 0 aromatic heterocycles. The molecular formula is CH2FNO2. The van der Waals surface area contributed by atoms with Crippen molar-refractivity contribution in [2.75, 3.05) is 0 Å². The van der Waals surface area contributed by atoms with Crippen molar-refractivity contribution in [3.8, 4) is 0 Å². The minimum absolute atomic E-state index is 1.41. The minimum Gasteiger partial charge on any atom is -0.332 e. The van der Waals surface area contributed by atoms with E-state index < -0.39 is 6.09 Å². The zero-order valence-electron chi connectivity index (χ0n) is 2.27. The summed E-state index contributed by atoms with van der Waals surface area (Å²) in [5.74, 6) is 0. The Morgan fingerprint density at radius 3 is 2.20 bits per heavy atom. The van der Waals surface area contributed by atoms with Gasteiger partial charge in [-0.1, -0.05) is 0 Å². The zero-order chi connectivity index (χ0) is 4.28. The van der Waals surface area contributed by atoms with Crippen LogP contribution in [0.2, 0.25) is 0 Å². The second-order valence-electron chi connectivity index (χ2n) is 0.396. The zero-order valence-corrected chi connectivity index (χ0v) is 2.27. The molecule has 1 amide bonds. The van der Waals surface area contributed by atoms with Crippen LogP contribution in [0.15, 0.2) is 0 Å². The van der Waals surface area contributed by atoms with Crippen LogP contribution in [0.1, 0.15) is 0 Å².